The molecule has 0 unspecified atom stereocenters. The van der Waals surface area contributed by atoms with Gasteiger partial charge < -0.3 is 5.73 Å². The molecule has 0 atom stereocenters. The van der Waals surface area contributed by atoms with Crippen molar-refractivity contribution in [3.63, 3.8) is 0 Å². The van der Waals surface area contributed by atoms with E-state index >= 15 is 0 Å². The molecule has 2 aromatic heterocycles. The molecule has 0 aliphatic rings. The molecule has 4 nitrogen and oxygen atoms in total. The summed E-state index contributed by atoms with van der Waals surface area (Å²) in [6, 6.07) is 5.32. The first-order valence-electron chi connectivity index (χ1n) is 5.46. The number of carbonyl (C=O) groups excluding carboxylic acids is 1. The Morgan fingerprint density at radius 2 is 2.17 bits per heavy atom. The summed E-state index contributed by atoms with van der Waals surface area (Å²) in [4.78, 5) is 20.2. The van der Waals surface area contributed by atoms with E-state index in [1.807, 2.05) is 6.07 Å². The minimum absolute atomic E-state index is 0.0343. The van der Waals surface area contributed by atoms with Gasteiger partial charge in [0.1, 0.15) is 0 Å². The topological polar surface area (TPSA) is 68.9 Å². The van der Waals surface area contributed by atoms with Crippen LogP contribution in [-0.2, 0) is 13.0 Å². The Bertz CT molecular complexity index is 572. The number of Topliss-reactive ketones (excluding diaryl/α,β-unsaturated/α-hetero) is 1. The summed E-state index contributed by atoms with van der Waals surface area (Å²) >= 11 is 3.33. The van der Waals surface area contributed by atoms with Gasteiger partial charge in [-0.2, -0.15) is 0 Å². The number of hydrogen-bond acceptors (Lipinski definition) is 4. The molecule has 0 radical (unpaired) electrons. The molecule has 0 aliphatic carbocycles. The summed E-state index contributed by atoms with van der Waals surface area (Å²) in [7, 11) is 0. The van der Waals surface area contributed by atoms with Gasteiger partial charge >= 0.3 is 0 Å². The van der Waals surface area contributed by atoms with E-state index in [4.69, 9.17) is 5.73 Å². The van der Waals surface area contributed by atoms with Crippen molar-refractivity contribution in [2.75, 3.05) is 0 Å². The molecule has 0 fully saturated rings. The van der Waals surface area contributed by atoms with Gasteiger partial charge in [0.25, 0.3) is 0 Å². The lowest BCUT2D eigenvalue weighted by molar-refractivity contribution is 0.0992. The van der Waals surface area contributed by atoms with Crippen molar-refractivity contribution in [2.45, 2.75) is 13.0 Å². The van der Waals surface area contributed by atoms with Crippen LogP contribution >= 0.6 is 15.9 Å². The second kappa shape index (κ2) is 5.84. The van der Waals surface area contributed by atoms with Crippen molar-refractivity contribution in [3.8, 4) is 0 Å². The van der Waals surface area contributed by atoms with Gasteiger partial charge in [-0.25, -0.2) is 0 Å². The summed E-state index contributed by atoms with van der Waals surface area (Å²) in [5, 5.41) is 0. The predicted molar refractivity (Wildman–Crippen MR) is 72.1 cm³/mol. The van der Waals surface area contributed by atoms with Crippen LogP contribution in [-0.4, -0.2) is 15.8 Å². The molecule has 0 bridgehead atoms. The van der Waals surface area contributed by atoms with Crippen LogP contribution in [0.1, 0.15) is 21.6 Å². The second-order valence-corrected chi connectivity index (χ2v) is 4.77. The Kier molecular flexibility index (Phi) is 4.17. The average molecular weight is 306 g/mol. The molecule has 2 heterocycles. The molecule has 2 rings (SSSR count). The number of rotatable bonds is 4. The molecule has 0 saturated carbocycles. The van der Waals surface area contributed by atoms with Crippen molar-refractivity contribution >= 4 is 21.7 Å². The van der Waals surface area contributed by atoms with Crippen molar-refractivity contribution in [1.82, 2.24) is 9.97 Å². The normalized spacial score (nSPS) is 10.3. The number of ketones is 1. The summed E-state index contributed by atoms with van der Waals surface area (Å²) in [5.41, 5.74) is 7.72. The van der Waals surface area contributed by atoms with Gasteiger partial charge in [0.2, 0.25) is 0 Å². The average Bonchev–Trinajstić information content (AvgIpc) is 2.39. The molecule has 2 N–H and O–H groups in total. The number of nitrogens with zero attached hydrogens (tertiary/aromatic N) is 2. The van der Waals surface area contributed by atoms with Crippen LogP contribution in [0.2, 0.25) is 0 Å². The fourth-order valence-corrected chi connectivity index (χ4v) is 2.02. The van der Waals surface area contributed by atoms with Gasteiger partial charge in [-0.05, 0) is 39.7 Å². The maximum absolute atomic E-state index is 12.1. The SMILES string of the molecule is NCc1cc(C(=O)Cc2cncc(Br)c2)ccn1. The van der Waals surface area contributed by atoms with Crippen molar-refractivity contribution in [3.05, 3.63) is 58.1 Å². The third-order valence-electron chi connectivity index (χ3n) is 2.47. The lowest BCUT2D eigenvalue weighted by Gasteiger charge is -2.03. The highest BCUT2D eigenvalue weighted by Gasteiger charge is 2.08. The van der Waals surface area contributed by atoms with Crippen molar-refractivity contribution in [1.29, 1.82) is 0 Å². The van der Waals surface area contributed by atoms with Crippen LogP contribution < -0.4 is 5.73 Å². The summed E-state index contributed by atoms with van der Waals surface area (Å²) < 4.78 is 0.866. The lowest BCUT2D eigenvalue weighted by atomic mass is 10.0. The van der Waals surface area contributed by atoms with Crippen LogP contribution in [0.3, 0.4) is 0 Å². The molecule has 0 aromatic carbocycles. The zero-order valence-electron chi connectivity index (χ0n) is 9.64. The van der Waals surface area contributed by atoms with E-state index in [1.54, 1.807) is 30.7 Å². The summed E-state index contributed by atoms with van der Waals surface area (Å²) in [6.07, 6.45) is 5.30. The molecule has 0 amide bonds. The third kappa shape index (κ3) is 3.21. The largest absolute Gasteiger partial charge is 0.325 e. The first kappa shape index (κ1) is 12.9. The van der Waals surface area contributed by atoms with Gasteiger partial charge in [0.15, 0.2) is 5.78 Å². The van der Waals surface area contributed by atoms with Crippen molar-refractivity contribution in [2.24, 2.45) is 5.73 Å². The van der Waals surface area contributed by atoms with Crippen molar-refractivity contribution < 1.29 is 4.79 Å². The third-order valence-corrected chi connectivity index (χ3v) is 2.91. The minimum Gasteiger partial charge on any atom is -0.325 e. The molecule has 0 aliphatic heterocycles. The van der Waals surface area contributed by atoms with E-state index in [0.717, 1.165) is 10.0 Å². The van der Waals surface area contributed by atoms with Crippen LogP contribution in [0, 0.1) is 0 Å². The van der Waals surface area contributed by atoms with Crippen LogP contribution in [0.15, 0.2) is 41.3 Å². The Labute approximate surface area is 113 Å². The monoisotopic (exact) mass is 305 g/mol. The fraction of sp³-hybridized carbons (Fsp3) is 0.154. The first-order chi connectivity index (χ1) is 8.69. The standard InChI is InChI=1S/C13H12BrN3O/c14-11-3-9(7-16-8-11)4-13(18)10-1-2-17-12(5-10)6-15/h1-3,5,7-8H,4,6,15H2. The van der Waals surface area contributed by atoms with Crippen LogP contribution in [0.5, 0.6) is 0 Å². The van der Waals surface area contributed by atoms with Crippen LogP contribution in [0.4, 0.5) is 0 Å². The second-order valence-electron chi connectivity index (χ2n) is 3.85. The van der Waals surface area contributed by atoms with E-state index in [-0.39, 0.29) is 5.78 Å². The Morgan fingerprint density at radius 1 is 1.33 bits per heavy atom. The zero-order chi connectivity index (χ0) is 13.0. The maximum atomic E-state index is 12.1. The molecular formula is C13H12BrN3O. The van der Waals surface area contributed by atoms with Gasteiger partial charge in [0.05, 0.1) is 5.69 Å². The predicted octanol–water partition coefficient (Wildman–Crippen LogP) is 2.12. The highest BCUT2D eigenvalue weighted by atomic mass is 79.9. The molecular weight excluding hydrogens is 294 g/mol. The van der Waals surface area contributed by atoms with E-state index in [0.29, 0.717) is 24.2 Å². The Hall–Kier alpha value is -1.59. The molecule has 0 saturated heterocycles. The molecule has 5 heteroatoms. The number of halogens is 1. The van der Waals surface area contributed by atoms with Gasteiger partial charge in [0, 0.05) is 41.6 Å². The van der Waals surface area contributed by atoms with Gasteiger partial charge in [-0.3, -0.25) is 14.8 Å². The number of pyridine rings is 2. The number of hydrogen-bond donors (Lipinski definition) is 1. The molecule has 92 valence electrons. The van der Waals surface area contributed by atoms with E-state index in [9.17, 15) is 4.79 Å². The van der Waals surface area contributed by atoms with Gasteiger partial charge in [-0.1, -0.05) is 0 Å². The quantitative estimate of drug-likeness (QED) is 0.879. The summed E-state index contributed by atoms with van der Waals surface area (Å²) in [5.74, 6) is 0.0343. The highest BCUT2D eigenvalue weighted by Crippen LogP contribution is 2.12. The number of aromatic nitrogens is 2. The lowest BCUT2D eigenvalue weighted by Crippen LogP contribution is -2.07. The van der Waals surface area contributed by atoms with Gasteiger partial charge in [-0.15, -0.1) is 0 Å². The highest BCUT2D eigenvalue weighted by molar-refractivity contribution is 9.10. The summed E-state index contributed by atoms with van der Waals surface area (Å²) in [6.45, 7) is 0.333. The molecule has 18 heavy (non-hydrogen) atoms. The molecule has 0 spiro atoms. The van der Waals surface area contributed by atoms with E-state index in [1.165, 1.54) is 0 Å². The van der Waals surface area contributed by atoms with Crippen LogP contribution in [0.25, 0.3) is 0 Å². The van der Waals surface area contributed by atoms with E-state index < -0.39 is 0 Å². The molecule has 2 aromatic rings. The first-order valence-corrected chi connectivity index (χ1v) is 6.26. The Balaban J connectivity index is 2.16. The fourth-order valence-electron chi connectivity index (χ4n) is 1.60. The maximum Gasteiger partial charge on any atom is 0.167 e. The minimum atomic E-state index is 0.0343. The smallest absolute Gasteiger partial charge is 0.167 e. The number of nitrogens with two attached hydrogens (primary N) is 1. The Morgan fingerprint density at radius 3 is 2.89 bits per heavy atom. The number of carbonyl (C=O) groups is 1. The zero-order valence-corrected chi connectivity index (χ0v) is 11.2. The van der Waals surface area contributed by atoms with E-state index in [2.05, 4.69) is 25.9 Å².